The van der Waals surface area contributed by atoms with Gasteiger partial charge in [0.25, 0.3) is 5.71 Å². The monoisotopic (exact) mass is 229 g/mol. The van der Waals surface area contributed by atoms with Crippen LogP contribution in [0.2, 0.25) is 0 Å². The summed E-state index contributed by atoms with van der Waals surface area (Å²) in [6, 6.07) is 7.98. The molecule has 5 heteroatoms. The van der Waals surface area contributed by atoms with Crippen LogP contribution in [-0.2, 0) is 0 Å². The van der Waals surface area contributed by atoms with E-state index in [2.05, 4.69) is 10.1 Å². The van der Waals surface area contributed by atoms with Gasteiger partial charge in [-0.1, -0.05) is 17.3 Å². The SMILES string of the molecule is Nc1noc2ncc(-c3ccc(F)cc3)cc12. The van der Waals surface area contributed by atoms with Gasteiger partial charge >= 0.3 is 0 Å². The number of nitrogens with zero attached hydrogens (tertiary/aromatic N) is 2. The minimum Gasteiger partial charge on any atom is -0.380 e. The first-order valence-electron chi connectivity index (χ1n) is 5.01. The summed E-state index contributed by atoms with van der Waals surface area (Å²) in [7, 11) is 0. The molecule has 0 bridgehead atoms. The van der Waals surface area contributed by atoms with Crippen LogP contribution in [0.15, 0.2) is 41.1 Å². The number of hydrogen-bond acceptors (Lipinski definition) is 4. The van der Waals surface area contributed by atoms with Crippen LogP contribution in [0.3, 0.4) is 0 Å². The van der Waals surface area contributed by atoms with E-state index in [1.54, 1.807) is 18.3 Å². The number of nitrogen functional groups attached to an aromatic ring is 1. The Bertz CT molecular complexity index is 676. The fourth-order valence-corrected chi connectivity index (χ4v) is 1.65. The molecule has 3 rings (SSSR count). The highest BCUT2D eigenvalue weighted by molar-refractivity contribution is 5.87. The van der Waals surface area contributed by atoms with Crippen molar-refractivity contribution in [3.63, 3.8) is 0 Å². The average Bonchev–Trinajstić information content (AvgIpc) is 2.72. The fourth-order valence-electron chi connectivity index (χ4n) is 1.65. The Kier molecular flexibility index (Phi) is 2.04. The Labute approximate surface area is 95.9 Å². The second-order valence-corrected chi connectivity index (χ2v) is 3.65. The van der Waals surface area contributed by atoms with Crippen molar-refractivity contribution >= 4 is 16.9 Å². The molecular formula is C12H8FN3O. The van der Waals surface area contributed by atoms with Crippen LogP contribution in [0.4, 0.5) is 10.2 Å². The summed E-state index contributed by atoms with van der Waals surface area (Å²) < 4.78 is 17.7. The molecule has 0 aliphatic carbocycles. The number of fused-ring (bicyclic) bond motifs is 1. The van der Waals surface area contributed by atoms with Gasteiger partial charge in [-0.25, -0.2) is 9.37 Å². The lowest BCUT2D eigenvalue weighted by Gasteiger charge is -2.00. The van der Waals surface area contributed by atoms with Crippen molar-refractivity contribution in [2.45, 2.75) is 0 Å². The van der Waals surface area contributed by atoms with E-state index in [-0.39, 0.29) is 5.82 Å². The quantitative estimate of drug-likeness (QED) is 0.696. The van der Waals surface area contributed by atoms with Crippen molar-refractivity contribution in [2.24, 2.45) is 0 Å². The number of hydrogen-bond donors (Lipinski definition) is 1. The molecule has 84 valence electrons. The maximum absolute atomic E-state index is 12.8. The zero-order chi connectivity index (χ0) is 11.8. The Hall–Kier alpha value is -2.43. The van der Waals surface area contributed by atoms with E-state index < -0.39 is 0 Å². The molecule has 0 aliphatic rings. The molecule has 0 fully saturated rings. The molecule has 1 aromatic carbocycles. The Balaban J connectivity index is 2.17. The fraction of sp³-hybridized carbons (Fsp3) is 0. The van der Waals surface area contributed by atoms with Gasteiger partial charge in [0.1, 0.15) is 5.82 Å². The third kappa shape index (κ3) is 1.61. The molecule has 0 spiro atoms. The second kappa shape index (κ2) is 3.55. The van der Waals surface area contributed by atoms with E-state index in [1.165, 1.54) is 12.1 Å². The van der Waals surface area contributed by atoms with Gasteiger partial charge in [-0.2, -0.15) is 0 Å². The normalized spacial score (nSPS) is 10.9. The zero-order valence-corrected chi connectivity index (χ0v) is 8.72. The lowest BCUT2D eigenvalue weighted by atomic mass is 10.1. The van der Waals surface area contributed by atoms with Crippen molar-refractivity contribution in [1.29, 1.82) is 0 Å². The predicted octanol–water partition coefficient (Wildman–Crippen LogP) is 2.61. The van der Waals surface area contributed by atoms with Gasteiger partial charge in [0.05, 0.1) is 5.39 Å². The maximum Gasteiger partial charge on any atom is 0.259 e. The number of halogens is 1. The van der Waals surface area contributed by atoms with E-state index in [1.807, 2.05) is 6.07 Å². The third-order valence-electron chi connectivity index (χ3n) is 2.54. The molecule has 2 N–H and O–H groups in total. The molecule has 0 unspecified atom stereocenters. The highest BCUT2D eigenvalue weighted by atomic mass is 19.1. The molecule has 4 nitrogen and oxygen atoms in total. The molecule has 0 amide bonds. The summed E-state index contributed by atoms with van der Waals surface area (Å²) in [5.74, 6) is 0.0312. The van der Waals surface area contributed by atoms with E-state index in [0.29, 0.717) is 16.9 Å². The van der Waals surface area contributed by atoms with Gasteiger partial charge in [0.2, 0.25) is 0 Å². The van der Waals surface area contributed by atoms with Crippen LogP contribution in [-0.4, -0.2) is 10.1 Å². The summed E-state index contributed by atoms with van der Waals surface area (Å²) in [5.41, 5.74) is 7.74. The van der Waals surface area contributed by atoms with Crippen molar-refractivity contribution in [1.82, 2.24) is 10.1 Å². The van der Waals surface area contributed by atoms with Gasteiger partial charge in [-0.15, -0.1) is 0 Å². The van der Waals surface area contributed by atoms with E-state index in [0.717, 1.165) is 11.1 Å². The summed E-state index contributed by atoms with van der Waals surface area (Å²) >= 11 is 0. The zero-order valence-electron chi connectivity index (χ0n) is 8.72. The maximum atomic E-state index is 12.8. The molecule has 17 heavy (non-hydrogen) atoms. The molecule has 0 saturated carbocycles. The number of anilines is 1. The molecular weight excluding hydrogens is 221 g/mol. The number of nitrogens with two attached hydrogens (primary N) is 1. The van der Waals surface area contributed by atoms with Gasteiger partial charge < -0.3 is 10.3 Å². The smallest absolute Gasteiger partial charge is 0.259 e. The minimum atomic E-state index is -0.271. The molecule has 3 aromatic rings. The van der Waals surface area contributed by atoms with Crippen molar-refractivity contribution in [3.8, 4) is 11.1 Å². The second-order valence-electron chi connectivity index (χ2n) is 3.65. The standard InChI is InChI=1S/C12H8FN3O/c13-9-3-1-7(2-4-9)8-5-10-11(14)16-17-12(10)15-6-8/h1-6H,(H2,14,16). The van der Waals surface area contributed by atoms with Crippen LogP contribution in [0.25, 0.3) is 22.2 Å². The van der Waals surface area contributed by atoms with Crippen molar-refractivity contribution in [2.75, 3.05) is 5.73 Å². The minimum absolute atomic E-state index is 0.271. The molecule has 2 aromatic heterocycles. The highest BCUT2D eigenvalue weighted by Gasteiger charge is 2.08. The molecule has 2 heterocycles. The molecule has 0 radical (unpaired) electrons. The summed E-state index contributed by atoms with van der Waals surface area (Å²) in [6.45, 7) is 0. The van der Waals surface area contributed by atoms with Crippen LogP contribution < -0.4 is 5.73 Å². The first-order chi connectivity index (χ1) is 8.24. The van der Waals surface area contributed by atoms with Gasteiger partial charge in [0.15, 0.2) is 5.82 Å². The van der Waals surface area contributed by atoms with Crippen LogP contribution in [0.5, 0.6) is 0 Å². The topological polar surface area (TPSA) is 64.9 Å². The largest absolute Gasteiger partial charge is 0.380 e. The van der Waals surface area contributed by atoms with Crippen LogP contribution in [0, 0.1) is 5.82 Å². The van der Waals surface area contributed by atoms with Crippen LogP contribution in [0.1, 0.15) is 0 Å². The van der Waals surface area contributed by atoms with E-state index in [4.69, 9.17) is 10.3 Å². The predicted molar refractivity (Wildman–Crippen MR) is 61.6 cm³/mol. The first kappa shape index (κ1) is 9.77. The Morgan fingerprint density at radius 2 is 1.88 bits per heavy atom. The Morgan fingerprint density at radius 1 is 1.12 bits per heavy atom. The molecule has 0 aliphatic heterocycles. The first-order valence-corrected chi connectivity index (χ1v) is 5.01. The van der Waals surface area contributed by atoms with Gasteiger partial charge in [-0.3, -0.25) is 0 Å². The van der Waals surface area contributed by atoms with Crippen LogP contribution >= 0.6 is 0 Å². The Morgan fingerprint density at radius 3 is 2.65 bits per heavy atom. The highest BCUT2D eigenvalue weighted by Crippen LogP contribution is 2.25. The number of benzene rings is 1. The average molecular weight is 229 g/mol. The lowest BCUT2D eigenvalue weighted by molar-refractivity contribution is 0.452. The number of aromatic nitrogens is 2. The molecule has 0 atom stereocenters. The lowest BCUT2D eigenvalue weighted by Crippen LogP contribution is -1.85. The van der Waals surface area contributed by atoms with E-state index in [9.17, 15) is 4.39 Å². The number of pyridine rings is 1. The van der Waals surface area contributed by atoms with Gasteiger partial charge in [0, 0.05) is 11.8 Å². The summed E-state index contributed by atoms with van der Waals surface area (Å²) in [6.07, 6.45) is 1.64. The summed E-state index contributed by atoms with van der Waals surface area (Å²) in [5, 5.41) is 4.28. The van der Waals surface area contributed by atoms with Crippen molar-refractivity contribution in [3.05, 3.63) is 42.3 Å². The number of rotatable bonds is 1. The van der Waals surface area contributed by atoms with Crippen molar-refractivity contribution < 1.29 is 8.91 Å². The summed E-state index contributed by atoms with van der Waals surface area (Å²) in [4.78, 5) is 4.10. The van der Waals surface area contributed by atoms with E-state index >= 15 is 0 Å². The third-order valence-corrected chi connectivity index (χ3v) is 2.54. The molecule has 0 saturated heterocycles. The van der Waals surface area contributed by atoms with Gasteiger partial charge in [-0.05, 0) is 23.8 Å².